The molecule has 7 nitrogen and oxygen atoms in total. The maximum absolute atomic E-state index is 12.9. The minimum absolute atomic E-state index is 0.162. The van der Waals surface area contributed by atoms with Crippen molar-refractivity contribution in [2.45, 2.75) is 33.7 Å². The van der Waals surface area contributed by atoms with E-state index in [9.17, 15) is 9.59 Å². The lowest BCUT2D eigenvalue weighted by atomic mass is 10.1. The first kappa shape index (κ1) is 19.5. The van der Waals surface area contributed by atoms with Crippen LogP contribution in [0.4, 0.5) is 5.82 Å². The molecule has 7 heteroatoms. The van der Waals surface area contributed by atoms with Crippen LogP contribution >= 0.6 is 0 Å². The van der Waals surface area contributed by atoms with Gasteiger partial charge in [0, 0.05) is 43.8 Å². The quantitative estimate of drug-likeness (QED) is 0.713. The summed E-state index contributed by atoms with van der Waals surface area (Å²) in [5, 5.41) is 7.24. The van der Waals surface area contributed by atoms with E-state index >= 15 is 0 Å². The Morgan fingerprint density at radius 1 is 1.29 bits per heavy atom. The normalized spacial score (nSPS) is 11.0. The number of carbonyl (C=O) groups is 1. The van der Waals surface area contributed by atoms with Crippen molar-refractivity contribution in [2.75, 3.05) is 5.32 Å². The second-order valence-electron chi connectivity index (χ2n) is 7.29. The lowest BCUT2D eigenvalue weighted by Crippen LogP contribution is -2.30. The molecule has 0 radical (unpaired) electrons. The number of hydrogen-bond acceptors (Lipinski definition) is 4. The zero-order valence-electron chi connectivity index (χ0n) is 16.6. The van der Waals surface area contributed by atoms with Gasteiger partial charge in [0.05, 0.1) is 5.69 Å². The number of amides is 1. The Labute approximate surface area is 164 Å². The van der Waals surface area contributed by atoms with Crippen LogP contribution in [0.2, 0.25) is 0 Å². The van der Waals surface area contributed by atoms with Gasteiger partial charge in [0.2, 0.25) is 0 Å². The number of carbonyl (C=O) groups excluding carboxylic acids is 1. The average molecular weight is 379 g/mol. The number of pyridine rings is 2. The van der Waals surface area contributed by atoms with Crippen molar-refractivity contribution in [1.82, 2.24) is 19.3 Å². The van der Waals surface area contributed by atoms with Crippen LogP contribution in [-0.2, 0) is 13.6 Å². The molecule has 1 amide bonds. The lowest BCUT2D eigenvalue weighted by molar-refractivity contribution is 0.102. The Kier molecular flexibility index (Phi) is 5.73. The van der Waals surface area contributed by atoms with Crippen molar-refractivity contribution in [1.29, 1.82) is 0 Å². The largest absolute Gasteiger partial charge is 0.315 e. The summed E-state index contributed by atoms with van der Waals surface area (Å²) in [5.74, 6) is 0.563. The van der Waals surface area contributed by atoms with Crippen LogP contribution < -0.4 is 10.9 Å². The van der Waals surface area contributed by atoms with Crippen LogP contribution in [0, 0.1) is 12.8 Å². The number of nitrogens with zero attached hydrogens (tertiary/aromatic N) is 4. The first-order valence-corrected chi connectivity index (χ1v) is 9.32. The van der Waals surface area contributed by atoms with Crippen molar-refractivity contribution in [3.63, 3.8) is 0 Å². The van der Waals surface area contributed by atoms with Crippen LogP contribution in [0.3, 0.4) is 0 Å². The van der Waals surface area contributed by atoms with Gasteiger partial charge in [0.15, 0.2) is 0 Å². The molecule has 0 spiro atoms. The molecule has 0 fully saturated rings. The Morgan fingerprint density at radius 2 is 2.07 bits per heavy atom. The second kappa shape index (κ2) is 8.21. The molecule has 1 N–H and O–H groups in total. The number of rotatable bonds is 6. The van der Waals surface area contributed by atoms with E-state index in [0.717, 1.165) is 12.0 Å². The molecule has 3 aromatic rings. The summed E-state index contributed by atoms with van der Waals surface area (Å²) in [5.41, 5.74) is 2.09. The first-order chi connectivity index (χ1) is 13.4. The standard InChI is InChI=1S/C21H25N5O2/c1-14(2)7-10-26-11-8-15(3)19(21(26)28)20(27)23-18-12-17(24-25(18)4)16-6-5-9-22-13-16/h5-6,8-9,11-14H,7,10H2,1-4H3,(H,23,27). The zero-order valence-corrected chi connectivity index (χ0v) is 16.6. The Balaban J connectivity index is 1.87. The van der Waals surface area contributed by atoms with E-state index in [2.05, 4.69) is 29.2 Å². The third-order valence-electron chi connectivity index (χ3n) is 4.63. The van der Waals surface area contributed by atoms with E-state index in [4.69, 9.17) is 0 Å². The molecule has 0 atom stereocenters. The minimum atomic E-state index is -0.429. The fourth-order valence-corrected chi connectivity index (χ4v) is 2.93. The average Bonchev–Trinajstić information content (AvgIpc) is 3.02. The zero-order chi connectivity index (χ0) is 20.3. The topological polar surface area (TPSA) is 81.8 Å². The second-order valence-corrected chi connectivity index (χ2v) is 7.29. The molecule has 0 aliphatic heterocycles. The molecule has 0 bridgehead atoms. The van der Waals surface area contributed by atoms with Gasteiger partial charge < -0.3 is 9.88 Å². The predicted molar refractivity (Wildman–Crippen MR) is 109 cm³/mol. The van der Waals surface area contributed by atoms with Crippen LogP contribution in [0.25, 0.3) is 11.3 Å². The van der Waals surface area contributed by atoms with Gasteiger partial charge in [-0.15, -0.1) is 0 Å². The van der Waals surface area contributed by atoms with Crippen LogP contribution in [0.1, 0.15) is 36.2 Å². The van der Waals surface area contributed by atoms with E-state index in [1.165, 1.54) is 0 Å². The number of aryl methyl sites for hydroxylation is 3. The van der Waals surface area contributed by atoms with E-state index in [-0.39, 0.29) is 11.1 Å². The van der Waals surface area contributed by atoms with Gasteiger partial charge in [-0.2, -0.15) is 5.10 Å². The van der Waals surface area contributed by atoms with Crippen LogP contribution in [-0.4, -0.2) is 25.2 Å². The van der Waals surface area contributed by atoms with E-state index in [1.807, 2.05) is 12.1 Å². The maximum atomic E-state index is 12.9. The van der Waals surface area contributed by atoms with Gasteiger partial charge in [-0.3, -0.25) is 19.3 Å². The van der Waals surface area contributed by atoms with Crippen molar-refractivity contribution >= 4 is 11.7 Å². The smallest absolute Gasteiger partial charge is 0.263 e. The molecular formula is C21H25N5O2. The summed E-state index contributed by atoms with van der Waals surface area (Å²) in [6.45, 7) is 6.57. The highest BCUT2D eigenvalue weighted by Gasteiger charge is 2.18. The summed E-state index contributed by atoms with van der Waals surface area (Å²) in [6.07, 6.45) is 6.03. The Bertz CT molecular complexity index is 1030. The van der Waals surface area contributed by atoms with Crippen molar-refractivity contribution in [3.05, 3.63) is 64.3 Å². The molecule has 0 aromatic carbocycles. The highest BCUT2D eigenvalue weighted by molar-refractivity contribution is 6.04. The van der Waals surface area contributed by atoms with Crippen molar-refractivity contribution < 1.29 is 4.79 Å². The fraction of sp³-hybridized carbons (Fsp3) is 0.333. The number of nitrogens with one attached hydrogen (secondary N) is 1. The molecule has 3 rings (SSSR count). The number of aromatic nitrogens is 4. The molecule has 0 saturated heterocycles. The molecule has 0 aliphatic rings. The molecule has 0 unspecified atom stereocenters. The fourth-order valence-electron chi connectivity index (χ4n) is 2.93. The van der Waals surface area contributed by atoms with Gasteiger partial charge in [-0.1, -0.05) is 13.8 Å². The molecule has 0 saturated carbocycles. The lowest BCUT2D eigenvalue weighted by Gasteiger charge is -2.12. The van der Waals surface area contributed by atoms with Crippen molar-refractivity contribution in [3.8, 4) is 11.3 Å². The van der Waals surface area contributed by atoms with E-state index in [0.29, 0.717) is 29.5 Å². The summed E-state index contributed by atoms with van der Waals surface area (Å²) in [6, 6.07) is 7.30. The number of hydrogen-bond donors (Lipinski definition) is 1. The Hall–Kier alpha value is -3.22. The highest BCUT2D eigenvalue weighted by atomic mass is 16.2. The van der Waals surface area contributed by atoms with Gasteiger partial charge in [0.1, 0.15) is 11.4 Å². The van der Waals surface area contributed by atoms with Crippen LogP contribution in [0.15, 0.2) is 47.7 Å². The predicted octanol–water partition coefficient (Wildman–Crippen LogP) is 3.25. The maximum Gasteiger partial charge on any atom is 0.263 e. The molecule has 3 aromatic heterocycles. The summed E-state index contributed by atoms with van der Waals surface area (Å²) in [7, 11) is 1.74. The van der Waals surface area contributed by atoms with E-state index in [1.54, 1.807) is 53.9 Å². The first-order valence-electron chi connectivity index (χ1n) is 9.32. The summed E-state index contributed by atoms with van der Waals surface area (Å²) >= 11 is 0. The molecule has 3 heterocycles. The SMILES string of the molecule is Cc1ccn(CCC(C)C)c(=O)c1C(=O)Nc1cc(-c2cccnc2)nn1C. The van der Waals surface area contributed by atoms with Gasteiger partial charge in [0.25, 0.3) is 11.5 Å². The van der Waals surface area contributed by atoms with E-state index < -0.39 is 5.91 Å². The van der Waals surface area contributed by atoms with Gasteiger partial charge in [-0.25, -0.2) is 0 Å². The third-order valence-corrected chi connectivity index (χ3v) is 4.63. The van der Waals surface area contributed by atoms with Gasteiger partial charge in [-0.05, 0) is 43.0 Å². The molecule has 0 aliphatic carbocycles. The van der Waals surface area contributed by atoms with Gasteiger partial charge >= 0.3 is 0 Å². The summed E-state index contributed by atoms with van der Waals surface area (Å²) in [4.78, 5) is 29.8. The molecular weight excluding hydrogens is 354 g/mol. The highest BCUT2D eigenvalue weighted by Crippen LogP contribution is 2.20. The third kappa shape index (κ3) is 4.19. The molecule has 146 valence electrons. The summed E-state index contributed by atoms with van der Waals surface area (Å²) < 4.78 is 3.18. The van der Waals surface area contributed by atoms with Crippen LogP contribution in [0.5, 0.6) is 0 Å². The molecule has 28 heavy (non-hydrogen) atoms. The Morgan fingerprint density at radius 3 is 2.75 bits per heavy atom. The van der Waals surface area contributed by atoms with Crippen molar-refractivity contribution in [2.24, 2.45) is 13.0 Å². The minimum Gasteiger partial charge on any atom is -0.315 e. The number of anilines is 1. The monoisotopic (exact) mass is 379 g/mol.